The summed E-state index contributed by atoms with van der Waals surface area (Å²) in [6, 6.07) is 0. The van der Waals surface area contributed by atoms with Gasteiger partial charge in [-0.15, -0.1) is 0 Å². The van der Waals surface area contributed by atoms with Crippen molar-refractivity contribution in [3.63, 3.8) is 0 Å². The zero-order chi connectivity index (χ0) is 18.1. The number of aromatic nitrogens is 3. The molecule has 7 nitrogen and oxygen atoms in total. The SMILES string of the molecule is CC(C)COC(=O)Cn1nc(I)c2sc(NC(=O)C(C)(C)C)nc21. The fraction of sp³-hybridized carbons (Fsp3) is 0.600. The molecule has 0 saturated carbocycles. The molecule has 2 aromatic rings. The van der Waals surface area contributed by atoms with Gasteiger partial charge >= 0.3 is 5.97 Å². The van der Waals surface area contributed by atoms with Crippen LogP contribution in [0.3, 0.4) is 0 Å². The highest BCUT2D eigenvalue weighted by Crippen LogP contribution is 2.30. The van der Waals surface area contributed by atoms with Gasteiger partial charge in [0.1, 0.15) is 14.9 Å². The summed E-state index contributed by atoms with van der Waals surface area (Å²) in [6.07, 6.45) is 0. The standard InChI is InChI=1S/C15H21IN4O3S/c1-8(2)7-23-9(21)6-20-12-10(11(16)19-20)24-14(17-12)18-13(22)15(3,4)5/h8H,6-7H2,1-5H3,(H,17,18,22). The van der Waals surface area contributed by atoms with Crippen molar-refractivity contribution in [2.45, 2.75) is 41.2 Å². The quantitative estimate of drug-likeness (QED) is 0.542. The molecule has 0 spiro atoms. The van der Waals surface area contributed by atoms with E-state index in [1.165, 1.54) is 16.0 Å². The maximum absolute atomic E-state index is 12.1. The molecule has 0 bridgehead atoms. The molecule has 0 aliphatic rings. The average Bonchev–Trinajstić information content (AvgIpc) is 2.97. The smallest absolute Gasteiger partial charge is 0.327 e. The van der Waals surface area contributed by atoms with Gasteiger partial charge in [0, 0.05) is 5.41 Å². The van der Waals surface area contributed by atoms with Gasteiger partial charge in [-0.2, -0.15) is 10.1 Å². The van der Waals surface area contributed by atoms with Crippen molar-refractivity contribution in [3.05, 3.63) is 3.70 Å². The van der Waals surface area contributed by atoms with E-state index in [9.17, 15) is 9.59 Å². The largest absolute Gasteiger partial charge is 0.464 e. The molecule has 0 unspecified atom stereocenters. The van der Waals surface area contributed by atoms with E-state index in [1.54, 1.807) is 0 Å². The van der Waals surface area contributed by atoms with Crippen molar-refractivity contribution in [2.24, 2.45) is 11.3 Å². The van der Waals surface area contributed by atoms with Crippen molar-refractivity contribution in [3.8, 4) is 0 Å². The number of ether oxygens (including phenoxy) is 1. The molecule has 1 amide bonds. The molecule has 0 aliphatic heterocycles. The minimum atomic E-state index is -0.502. The monoisotopic (exact) mass is 464 g/mol. The molecule has 0 atom stereocenters. The second kappa shape index (κ2) is 7.34. The topological polar surface area (TPSA) is 86.1 Å². The van der Waals surface area contributed by atoms with Crippen LogP contribution < -0.4 is 5.32 Å². The molecular formula is C15H21IN4O3S. The van der Waals surface area contributed by atoms with E-state index in [0.29, 0.717) is 17.4 Å². The van der Waals surface area contributed by atoms with Crippen LogP contribution in [0.25, 0.3) is 10.3 Å². The van der Waals surface area contributed by atoms with Crippen molar-refractivity contribution in [2.75, 3.05) is 11.9 Å². The highest BCUT2D eigenvalue weighted by molar-refractivity contribution is 14.1. The number of anilines is 1. The Bertz CT molecular complexity index is 761. The maximum Gasteiger partial charge on any atom is 0.327 e. The zero-order valence-electron chi connectivity index (χ0n) is 14.3. The first-order chi connectivity index (χ1) is 11.1. The fourth-order valence-corrected chi connectivity index (χ4v) is 3.36. The Kier molecular flexibility index (Phi) is 5.84. The van der Waals surface area contributed by atoms with E-state index in [0.717, 1.165) is 8.40 Å². The molecule has 0 aliphatic carbocycles. The Labute approximate surface area is 158 Å². The van der Waals surface area contributed by atoms with Crippen molar-refractivity contribution >= 4 is 61.3 Å². The van der Waals surface area contributed by atoms with Gasteiger partial charge in [-0.25, -0.2) is 4.68 Å². The molecule has 0 radical (unpaired) electrons. The number of nitrogens with one attached hydrogen (secondary N) is 1. The summed E-state index contributed by atoms with van der Waals surface area (Å²) in [4.78, 5) is 28.4. The second-order valence-corrected chi connectivity index (χ2v) is 8.92. The number of nitrogens with zero attached hydrogens (tertiary/aromatic N) is 3. The molecule has 2 heterocycles. The Balaban J connectivity index is 2.18. The molecule has 2 rings (SSSR count). The predicted molar refractivity (Wildman–Crippen MR) is 102 cm³/mol. The maximum atomic E-state index is 12.1. The van der Waals surface area contributed by atoms with E-state index in [1.807, 2.05) is 34.6 Å². The number of hydrogen-bond donors (Lipinski definition) is 1. The van der Waals surface area contributed by atoms with Crippen LogP contribution in [0.15, 0.2) is 0 Å². The van der Waals surface area contributed by atoms with Crippen LogP contribution in [0.5, 0.6) is 0 Å². The summed E-state index contributed by atoms with van der Waals surface area (Å²) in [5, 5.41) is 7.64. The first kappa shape index (κ1) is 19.1. The van der Waals surface area contributed by atoms with Gasteiger partial charge in [0.15, 0.2) is 10.8 Å². The van der Waals surface area contributed by atoms with Crippen LogP contribution >= 0.6 is 33.9 Å². The molecule has 0 aromatic carbocycles. The van der Waals surface area contributed by atoms with Crippen LogP contribution in [0.2, 0.25) is 0 Å². The lowest BCUT2D eigenvalue weighted by molar-refractivity contribution is -0.145. The lowest BCUT2D eigenvalue weighted by atomic mass is 9.96. The van der Waals surface area contributed by atoms with E-state index < -0.39 is 5.41 Å². The molecule has 0 fully saturated rings. The number of halogens is 1. The number of rotatable bonds is 5. The summed E-state index contributed by atoms with van der Waals surface area (Å²) in [6.45, 7) is 9.86. The molecule has 24 heavy (non-hydrogen) atoms. The van der Waals surface area contributed by atoms with Gasteiger partial charge in [-0.1, -0.05) is 46.0 Å². The third-order valence-electron chi connectivity index (χ3n) is 3.01. The highest BCUT2D eigenvalue weighted by Gasteiger charge is 2.24. The van der Waals surface area contributed by atoms with E-state index in [-0.39, 0.29) is 24.3 Å². The van der Waals surface area contributed by atoms with Gasteiger partial charge in [-0.05, 0) is 28.5 Å². The van der Waals surface area contributed by atoms with Gasteiger partial charge in [0.05, 0.1) is 6.61 Å². The number of carbonyl (C=O) groups is 2. The second-order valence-electron chi connectivity index (χ2n) is 6.90. The summed E-state index contributed by atoms with van der Waals surface area (Å²) in [5.74, 6) is -0.173. The first-order valence-electron chi connectivity index (χ1n) is 7.58. The molecule has 2 aromatic heterocycles. The van der Waals surface area contributed by atoms with Crippen molar-refractivity contribution in [1.29, 1.82) is 0 Å². The van der Waals surface area contributed by atoms with Crippen molar-refractivity contribution < 1.29 is 14.3 Å². The minimum absolute atomic E-state index is 0.00259. The predicted octanol–water partition coefficient (Wildman–Crippen LogP) is 3.28. The van der Waals surface area contributed by atoms with E-state index in [2.05, 4.69) is 38.0 Å². The number of carbonyl (C=O) groups excluding carboxylic acids is 2. The summed E-state index contributed by atoms with van der Waals surface area (Å²) in [5.41, 5.74) is 0.0765. The summed E-state index contributed by atoms with van der Waals surface area (Å²) >= 11 is 3.44. The highest BCUT2D eigenvalue weighted by atomic mass is 127. The lowest BCUT2D eigenvalue weighted by Crippen LogP contribution is -2.27. The number of fused-ring (bicyclic) bond motifs is 1. The van der Waals surface area contributed by atoms with Gasteiger partial charge in [-0.3, -0.25) is 9.59 Å². The Morgan fingerprint density at radius 2 is 2.04 bits per heavy atom. The summed E-state index contributed by atoms with van der Waals surface area (Å²) < 4.78 is 8.29. The number of esters is 1. The van der Waals surface area contributed by atoms with Crippen LogP contribution in [0, 0.1) is 15.0 Å². The van der Waals surface area contributed by atoms with Crippen LogP contribution in [-0.2, 0) is 20.9 Å². The molecule has 9 heteroatoms. The Hall–Kier alpha value is -1.23. The third-order valence-corrected chi connectivity index (χ3v) is 5.10. The van der Waals surface area contributed by atoms with Gasteiger partial charge < -0.3 is 10.1 Å². The lowest BCUT2D eigenvalue weighted by Gasteiger charge is -2.15. The van der Waals surface area contributed by atoms with Crippen LogP contribution in [0.1, 0.15) is 34.6 Å². The number of hydrogen-bond acceptors (Lipinski definition) is 6. The van der Waals surface area contributed by atoms with Crippen molar-refractivity contribution in [1.82, 2.24) is 14.8 Å². The minimum Gasteiger partial charge on any atom is -0.464 e. The normalized spacial score (nSPS) is 12.0. The van der Waals surface area contributed by atoms with E-state index in [4.69, 9.17) is 4.74 Å². The molecule has 132 valence electrons. The van der Waals surface area contributed by atoms with Gasteiger partial charge in [0.2, 0.25) is 5.91 Å². The first-order valence-corrected chi connectivity index (χ1v) is 9.47. The molecule has 1 N–H and O–H groups in total. The average molecular weight is 464 g/mol. The fourth-order valence-electron chi connectivity index (χ4n) is 1.70. The summed E-state index contributed by atoms with van der Waals surface area (Å²) in [7, 11) is 0. The number of thiazole rings is 1. The Morgan fingerprint density at radius 1 is 1.38 bits per heavy atom. The number of amides is 1. The van der Waals surface area contributed by atoms with Gasteiger partial charge in [0.25, 0.3) is 0 Å². The zero-order valence-corrected chi connectivity index (χ0v) is 17.3. The Morgan fingerprint density at radius 3 is 2.62 bits per heavy atom. The van der Waals surface area contributed by atoms with Crippen LogP contribution in [-0.4, -0.2) is 33.2 Å². The van der Waals surface area contributed by atoms with Crippen LogP contribution in [0.4, 0.5) is 5.13 Å². The molecule has 0 saturated heterocycles. The third kappa shape index (κ3) is 4.65. The molecular weight excluding hydrogens is 443 g/mol. The van der Waals surface area contributed by atoms with E-state index >= 15 is 0 Å².